The van der Waals surface area contributed by atoms with E-state index in [1.165, 1.54) is 0 Å². The second-order valence-corrected chi connectivity index (χ2v) is 8.08. The summed E-state index contributed by atoms with van der Waals surface area (Å²) in [7, 11) is 0. The standard InChI is InChI=1S/C26H38N2O5/c1-4-6-7-11-15-25(31)33-20-21(3)27-26(32)23(12-5-2)18-24(30)28(16-17-29)19-22-13-9-8-10-14-22/h4-5,8-10,13-14,21,23,29H,1-2,6-7,11-12,15-20H2,3H3,(H,27,32). The first-order valence-corrected chi connectivity index (χ1v) is 11.5. The largest absolute Gasteiger partial charge is 0.464 e. The number of rotatable bonds is 17. The molecule has 1 rings (SSSR count). The summed E-state index contributed by atoms with van der Waals surface area (Å²) < 4.78 is 5.24. The highest BCUT2D eigenvalue weighted by atomic mass is 16.5. The van der Waals surface area contributed by atoms with Crippen molar-refractivity contribution < 1.29 is 24.2 Å². The van der Waals surface area contributed by atoms with Gasteiger partial charge in [0.1, 0.15) is 6.61 Å². The molecule has 0 saturated carbocycles. The summed E-state index contributed by atoms with van der Waals surface area (Å²) in [6.07, 6.45) is 6.60. The molecule has 1 aromatic carbocycles. The van der Waals surface area contributed by atoms with Gasteiger partial charge in [-0.15, -0.1) is 13.2 Å². The zero-order chi connectivity index (χ0) is 24.5. The third-order valence-electron chi connectivity index (χ3n) is 5.10. The third kappa shape index (κ3) is 12.0. The number of nitrogens with zero attached hydrogens (tertiary/aromatic N) is 1. The number of unbranched alkanes of at least 4 members (excludes halogenated alkanes) is 2. The molecule has 0 radical (unpaired) electrons. The molecule has 2 N–H and O–H groups in total. The lowest BCUT2D eigenvalue weighted by Crippen LogP contribution is -2.42. The van der Waals surface area contributed by atoms with Gasteiger partial charge in [0.05, 0.1) is 18.6 Å². The van der Waals surface area contributed by atoms with Gasteiger partial charge in [-0.2, -0.15) is 0 Å². The van der Waals surface area contributed by atoms with Crippen LogP contribution in [0, 0.1) is 5.92 Å². The van der Waals surface area contributed by atoms with Crippen LogP contribution in [0.5, 0.6) is 0 Å². The Morgan fingerprint density at radius 3 is 2.52 bits per heavy atom. The summed E-state index contributed by atoms with van der Waals surface area (Å²) in [6.45, 7) is 9.57. The van der Waals surface area contributed by atoms with Crippen molar-refractivity contribution in [1.82, 2.24) is 10.2 Å². The second-order valence-electron chi connectivity index (χ2n) is 8.08. The fourth-order valence-corrected chi connectivity index (χ4v) is 3.29. The van der Waals surface area contributed by atoms with Crippen LogP contribution < -0.4 is 5.32 Å². The van der Waals surface area contributed by atoms with E-state index in [1.54, 1.807) is 17.9 Å². The van der Waals surface area contributed by atoms with E-state index in [2.05, 4.69) is 18.5 Å². The molecule has 2 amide bonds. The Labute approximate surface area is 197 Å². The Morgan fingerprint density at radius 1 is 1.15 bits per heavy atom. The molecule has 0 fully saturated rings. The average Bonchev–Trinajstić information content (AvgIpc) is 2.80. The minimum atomic E-state index is -0.593. The highest BCUT2D eigenvalue weighted by Crippen LogP contribution is 2.15. The highest BCUT2D eigenvalue weighted by Gasteiger charge is 2.25. The molecule has 0 aliphatic heterocycles. The van der Waals surface area contributed by atoms with E-state index in [1.807, 2.05) is 36.4 Å². The Kier molecular flexibility index (Phi) is 14.2. The minimum Gasteiger partial charge on any atom is -0.464 e. The molecule has 2 unspecified atom stereocenters. The van der Waals surface area contributed by atoms with Crippen LogP contribution in [0.2, 0.25) is 0 Å². The van der Waals surface area contributed by atoms with Crippen molar-refractivity contribution in [2.75, 3.05) is 19.8 Å². The highest BCUT2D eigenvalue weighted by molar-refractivity contribution is 5.86. The number of aliphatic hydroxyl groups is 1. The topological polar surface area (TPSA) is 95.9 Å². The molecular weight excluding hydrogens is 420 g/mol. The fourth-order valence-electron chi connectivity index (χ4n) is 3.29. The first kappa shape index (κ1) is 28.1. The summed E-state index contributed by atoms with van der Waals surface area (Å²) >= 11 is 0. The Morgan fingerprint density at radius 2 is 1.88 bits per heavy atom. The van der Waals surface area contributed by atoms with E-state index in [4.69, 9.17) is 4.74 Å². The monoisotopic (exact) mass is 458 g/mol. The van der Waals surface area contributed by atoms with E-state index < -0.39 is 5.92 Å². The van der Waals surface area contributed by atoms with Gasteiger partial charge >= 0.3 is 5.97 Å². The molecule has 182 valence electrons. The van der Waals surface area contributed by atoms with E-state index in [9.17, 15) is 19.5 Å². The number of ether oxygens (including phenoxy) is 1. The van der Waals surface area contributed by atoms with E-state index >= 15 is 0 Å². The fraction of sp³-hybridized carbons (Fsp3) is 0.500. The maximum Gasteiger partial charge on any atom is 0.305 e. The van der Waals surface area contributed by atoms with Crippen LogP contribution in [-0.4, -0.2) is 53.6 Å². The van der Waals surface area contributed by atoms with Crippen molar-refractivity contribution in [3.63, 3.8) is 0 Å². The van der Waals surface area contributed by atoms with Crippen LogP contribution in [0.25, 0.3) is 0 Å². The number of allylic oxidation sites excluding steroid dienone is 2. The molecule has 7 heteroatoms. The van der Waals surface area contributed by atoms with E-state index in [0.29, 0.717) is 19.4 Å². The van der Waals surface area contributed by atoms with Crippen LogP contribution in [0.3, 0.4) is 0 Å². The van der Waals surface area contributed by atoms with Gasteiger partial charge < -0.3 is 20.1 Å². The lowest BCUT2D eigenvalue weighted by Gasteiger charge is -2.25. The third-order valence-corrected chi connectivity index (χ3v) is 5.10. The zero-order valence-electron chi connectivity index (χ0n) is 19.7. The lowest BCUT2D eigenvalue weighted by molar-refractivity contribution is -0.145. The number of hydrogen-bond donors (Lipinski definition) is 2. The van der Waals surface area contributed by atoms with Crippen molar-refractivity contribution in [1.29, 1.82) is 0 Å². The number of aliphatic hydroxyl groups excluding tert-OH is 1. The van der Waals surface area contributed by atoms with Crippen LogP contribution >= 0.6 is 0 Å². The van der Waals surface area contributed by atoms with Gasteiger partial charge in [0.2, 0.25) is 11.8 Å². The van der Waals surface area contributed by atoms with Gasteiger partial charge in [-0.1, -0.05) is 42.5 Å². The first-order valence-electron chi connectivity index (χ1n) is 11.5. The number of nitrogens with one attached hydrogen (secondary N) is 1. The zero-order valence-corrected chi connectivity index (χ0v) is 19.7. The van der Waals surface area contributed by atoms with Crippen molar-refractivity contribution >= 4 is 17.8 Å². The van der Waals surface area contributed by atoms with Gasteiger partial charge in [0, 0.05) is 25.9 Å². The van der Waals surface area contributed by atoms with Crippen LogP contribution in [0.15, 0.2) is 55.6 Å². The predicted molar refractivity (Wildman–Crippen MR) is 129 cm³/mol. The number of esters is 1. The van der Waals surface area contributed by atoms with Gasteiger partial charge in [0.15, 0.2) is 0 Å². The van der Waals surface area contributed by atoms with Gasteiger partial charge in [0.25, 0.3) is 0 Å². The Hall–Kier alpha value is -2.93. The van der Waals surface area contributed by atoms with Crippen LogP contribution in [-0.2, 0) is 25.7 Å². The van der Waals surface area contributed by atoms with Crippen LogP contribution in [0.4, 0.5) is 0 Å². The summed E-state index contributed by atoms with van der Waals surface area (Å²) in [5, 5.41) is 12.2. The number of amides is 2. The molecule has 2 atom stereocenters. The molecule has 0 aliphatic carbocycles. The SMILES string of the molecule is C=CCCCCC(=O)OCC(C)NC(=O)C(CC=C)CC(=O)N(CCO)Cc1ccccc1. The Bertz CT molecular complexity index is 750. The normalized spacial score (nSPS) is 12.3. The Balaban J connectivity index is 2.58. The first-order chi connectivity index (χ1) is 15.9. The number of carbonyl (C=O) groups is 3. The van der Waals surface area contributed by atoms with Gasteiger partial charge in [-0.05, 0) is 38.2 Å². The van der Waals surface area contributed by atoms with Gasteiger partial charge in [-0.25, -0.2) is 0 Å². The molecule has 0 aliphatic rings. The van der Waals surface area contributed by atoms with E-state index in [-0.39, 0.29) is 50.0 Å². The molecule has 0 bridgehead atoms. The van der Waals surface area contributed by atoms with Gasteiger partial charge in [-0.3, -0.25) is 14.4 Å². The second kappa shape index (κ2) is 16.7. The summed E-state index contributed by atoms with van der Waals surface area (Å²) in [5.41, 5.74) is 0.948. The van der Waals surface area contributed by atoms with Crippen molar-refractivity contribution in [3.8, 4) is 0 Å². The van der Waals surface area contributed by atoms with Crippen molar-refractivity contribution in [2.24, 2.45) is 5.92 Å². The van der Waals surface area contributed by atoms with Crippen molar-refractivity contribution in [3.05, 3.63) is 61.2 Å². The smallest absolute Gasteiger partial charge is 0.305 e. The lowest BCUT2D eigenvalue weighted by atomic mass is 9.98. The van der Waals surface area contributed by atoms with Crippen LogP contribution in [0.1, 0.15) is 51.0 Å². The predicted octanol–water partition coefficient (Wildman–Crippen LogP) is 3.38. The summed E-state index contributed by atoms with van der Waals surface area (Å²) in [4.78, 5) is 39.0. The molecule has 0 heterocycles. The number of benzene rings is 1. The molecule has 33 heavy (non-hydrogen) atoms. The molecule has 0 saturated heterocycles. The van der Waals surface area contributed by atoms with Crippen molar-refractivity contribution in [2.45, 2.75) is 58.0 Å². The molecule has 1 aromatic rings. The maximum atomic E-state index is 12.9. The summed E-state index contributed by atoms with van der Waals surface area (Å²) in [5.74, 6) is -1.39. The number of hydrogen-bond acceptors (Lipinski definition) is 5. The molecule has 7 nitrogen and oxygen atoms in total. The molecule has 0 spiro atoms. The number of carbonyl (C=O) groups excluding carboxylic acids is 3. The molecule has 0 aromatic heterocycles. The maximum absolute atomic E-state index is 12.9. The quantitative estimate of drug-likeness (QED) is 0.212. The molecular formula is C26H38N2O5. The van der Waals surface area contributed by atoms with E-state index in [0.717, 1.165) is 24.8 Å². The average molecular weight is 459 g/mol. The summed E-state index contributed by atoms with van der Waals surface area (Å²) in [6, 6.07) is 9.12. The minimum absolute atomic E-state index is 0.000494.